The largest absolute Gasteiger partial charge is 0.342 e. The molecule has 4 heteroatoms. The molecule has 1 heterocycles. The highest BCUT2D eigenvalue weighted by Crippen LogP contribution is 2.51. The quantitative estimate of drug-likeness (QED) is 0.201. The van der Waals surface area contributed by atoms with Gasteiger partial charge < -0.3 is 4.90 Å². The van der Waals surface area contributed by atoms with E-state index in [1.54, 1.807) is 24.3 Å². The van der Waals surface area contributed by atoms with Crippen LogP contribution in [0.25, 0.3) is 0 Å². The molecule has 39 heavy (non-hydrogen) atoms. The van der Waals surface area contributed by atoms with E-state index in [0.717, 1.165) is 28.1 Å². The van der Waals surface area contributed by atoms with E-state index in [1.165, 1.54) is 0 Å². The van der Waals surface area contributed by atoms with Crippen LogP contribution in [0.15, 0.2) is 151 Å². The molecule has 3 nitrogen and oxygen atoms in total. The molecule has 0 saturated carbocycles. The lowest BCUT2D eigenvalue weighted by Gasteiger charge is -2.38. The number of amidine groups is 1. The van der Waals surface area contributed by atoms with E-state index in [1.807, 2.05) is 84.9 Å². The summed E-state index contributed by atoms with van der Waals surface area (Å²) in [6.07, 6.45) is 0. The number of ketones is 1. The van der Waals surface area contributed by atoms with Gasteiger partial charge in [-0.1, -0.05) is 133 Å². The predicted octanol–water partition coefficient (Wildman–Crippen LogP) is 8.12. The minimum atomic E-state index is -1.23. The SMILES string of the molecule is O=C(c1ccc(Cl)cc1)[C@]1(c2ccccc2)N=C(c2ccccc2)N(Cc2ccccc2)[C@H]1c1ccccc1. The number of hydrogen-bond acceptors (Lipinski definition) is 3. The van der Waals surface area contributed by atoms with Crippen molar-refractivity contribution in [3.05, 3.63) is 178 Å². The van der Waals surface area contributed by atoms with E-state index in [9.17, 15) is 4.79 Å². The fraction of sp³-hybridized carbons (Fsp3) is 0.0857. The van der Waals surface area contributed by atoms with Gasteiger partial charge in [-0.2, -0.15) is 0 Å². The van der Waals surface area contributed by atoms with Crippen LogP contribution in [0.3, 0.4) is 0 Å². The fourth-order valence-electron chi connectivity index (χ4n) is 5.50. The van der Waals surface area contributed by atoms with Crippen LogP contribution < -0.4 is 0 Å². The number of carbonyl (C=O) groups excluding carboxylic acids is 1. The first kappa shape index (κ1) is 24.8. The van der Waals surface area contributed by atoms with Crippen molar-refractivity contribution in [2.24, 2.45) is 4.99 Å². The summed E-state index contributed by atoms with van der Waals surface area (Å²) in [5.74, 6) is 0.725. The number of rotatable bonds is 7. The maximum absolute atomic E-state index is 14.9. The lowest BCUT2D eigenvalue weighted by Crippen LogP contribution is -2.43. The van der Waals surface area contributed by atoms with E-state index >= 15 is 0 Å². The molecule has 2 atom stereocenters. The highest BCUT2D eigenvalue weighted by molar-refractivity contribution is 6.30. The number of nitrogens with zero attached hydrogens (tertiary/aromatic N) is 2. The molecule has 1 aliphatic rings. The molecule has 0 unspecified atom stereocenters. The van der Waals surface area contributed by atoms with Gasteiger partial charge in [0.1, 0.15) is 5.84 Å². The third kappa shape index (κ3) is 4.67. The summed E-state index contributed by atoms with van der Waals surface area (Å²) >= 11 is 6.22. The van der Waals surface area contributed by atoms with Crippen LogP contribution in [0.5, 0.6) is 0 Å². The number of aliphatic imine (C=N–C) groups is 1. The van der Waals surface area contributed by atoms with Crippen LogP contribution in [-0.2, 0) is 12.1 Å². The van der Waals surface area contributed by atoms with Crippen molar-refractivity contribution < 1.29 is 4.79 Å². The van der Waals surface area contributed by atoms with Gasteiger partial charge >= 0.3 is 0 Å². The first-order valence-corrected chi connectivity index (χ1v) is 13.4. The average Bonchev–Trinajstić information content (AvgIpc) is 3.34. The van der Waals surface area contributed by atoms with Gasteiger partial charge in [0.25, 0.3) is 0 Å². The van der Waals surface area contributed by atoms with Gasteiger partial charge in [0.05, 0.1) is 6.04 Å². The minimum Gasteiger partial charge on any atom is -0.342 e. The third-order valence-electron chi connectivity index (χ3n) is 7.27. The van der Waals surface area contributed by atoms with Crippen LogP contribution in [0.2, 0.25) is 5.02 Å². The molecule has 0 aliphatic carbocycles. The van der Waals surface area contributed by atoms with Crippen LogP contribution in [0.4, 0.5) is 0 Å². The Morgan fingerprint density at radius 1 is 0.692 bits per heavy atom. The van der Waals surface area contributed by atoms with E-state index < -0.39 is 5.54 Å². The molecule has 0 N–H and O–H groups in total. The zero-order valence-electron chi connectivity index (χ0n) is 21.3. The second-order valence-corrected chi connectivity index (χ2v) is 10.1. The van der Waals surface area contributed by atoms with Crippen molar-refractivity contribution in [2.45, 2.75) is 18.1 Å². The topological polar surface area (TPSA) is 32.7 Å². The maximum atomic E-state index is 14.9. The highest BCUT2D eigenvalue weighted by atomic mass is 35.5. The lowest BCUT2D eigenvalue weighted by atomic mass is 9.75. The molecule has 0 spiro atoms. The zero-order chi connectivity index (χ0) is 26.7. The lowest BCUT2D eigenvalue weighted by molar-refractivity contribution is 0.0820. The Morgan fingerprint density at radius 3 is 1.85 bits per heavy atom. The van der Waals surface area contributed by atoms with Gasteiger partial charge in [-0.15, -0.1) is 0 Å². The second-order valence-electron chi connectivity index (χ2n) is 9.70. The van der Waals surface area contributed by atoms with Gasteiger partial charge in [0.15, 0.2) is 11.3 Å². The Hall–Kier alpha value is -4.47. The molecule has 0 saturated heterocycles. The van der Waals surface area contributed by atoms with Crippen molar-refractivity contribution in [1.82, 2.24) is 4.90 Å². The standard InChI is InChI=1S/C35H27ClN2O/c36-31-23-21-28(22-24-31)33(39)35(30-19-11-4-12-20-30)32(27-15-7-2-8-16-27)38(25-26-13-5-1-6-14-26)34(37-35)29-17-9-3-10-18-29/h1-24,32H,25H2/t32-,35+/m0/s1. The number of Topliss-reactive ketones (excluding diaryl/α,β-unsaturated/α-hetero) is 1. The Labute approximate surface area is 234 Å². The molecule has 5 aromatic carbocycles. The summed E-state index contributed by atoms with van der Waals surface area (Å²) in [6.45, 7) is 0.594. The summed E-state index contributed by atoms with van der Waals surface area (Å²) in [4.78, 5) is 22.6. The summed E-state index contributed by atoms with van der Waals surface area (Å²) in [5, 5.41) is 0.588. The summed E-state index contributed by atoms with van der Waals surface area (Å²) in [5.41, 5.74) is 3.33. The summed E-state index contributed by atoms with van der Waals surface area (Å²) < 4.78 is 0. The number of benzene rings is 5. The smallest absolute Gasteiger partial charge is 0.197 e. The van der Waals surface area contributed by atoms with Crippen LogP contribution in [-0.4, -0.2) is 16.5 Å². The Kier molecular flexibility index (Phi) is 6.83. The molecule has 0 radical (unpaired) electrons. The molecule has 0 amide bonds. The molecule has 0 fully saturated rings. The molecule has 5 aromatic rings. The predicted molar refractivity (Wildman–Crippen MR) is 158 cm³/mol. The van der Waals surface area contributed by atoms with Gasteiger partial charge in [-0.25, -0.2) is 4.99 Å². The van der Waals surface area contributed by atoms with E-state index in [0.29, 0.717) is 17.1 Å². The fourth-order valence-corrected chi connectivity index (χ4v) is 5.63. The molecule has 6 rings (SSSR count). The Morgan fingerprint density at radius 2 is 1.23 bits per heavy atom. The first-order valence-electron chi connectivity index (χ1n) is 13.0. The second kappa shape index (κ2) is 10.7. The third-order valence-corrected chi connectivity index (χ3v) is 7.52. The van der Waals surface area contributed by atoms with Gasteiger partial charge in [-0.3, -0.25) is 4.79 Å². The van der Waals surface area contributed by atoms with Gasteiger partial charge in [-0.05, 0) is 41.0 Å². The average molecular weight is 527 g/mol. The molecule has 0 aromatic heterocycles. The number of halogens is 1. The van der Waals surface area contributed by atoms with Crippen LogP contribution >= 0.6 is 11.6 Å². The first-order chi connectivity index (χ1) is 19.2. The van der Waals surface area contributed by atoms with E-state index in [-0.39, 0.29) is 11.8 Å². The monoisotopic (exact) mass is 526 g/mol. The normalized spacial score (nSPS) is 18.5. The maximum Gasteiger partial charge on any atom is 0.197 e. The number of hydrogen-bond donors (Lipinski definition) is 0. The van der Waals surface area contributed by atoms with Crippen LogP contribution in [0, 0.1) is 0 Å². The van der Waals surface area contributed by atoms with Crippen molar-refractivity contribution >= 4 is 23.2 Å². The summed E-state index contributed by atoms with van der Waals surface area (Å²) in [7, 11) is 0. The van der Waals surface area contributed by atoms with Crippen molar-refractivity contribution in [2.75, 3.05) is 0 Å². The Bertz CT molecular complexity index is 1590. The molecule has 0 bridgehead atoms. The molecule has 190 valence electrons. The molecular formula is C35H27ClN2O. The number of carbonyl (C=O) groups is 1. The Balaban J connectivity index is 1.65. The van der Waals surface area contributed by atoms with Gasteiger partial charge in [0.2, 0.25) is 0 Å². The highest BCUT2D eigenvalue weighted by Gasteiger charge is 2.55. The van der Waals surface area contributed by atoms with Crippen molar-refractivity contribution in [3.8, 4) is 0 Å². The van der Waals surface area contributed by atoms with E-state index in [2.05, 4.69) is 41.3 Å². The summed E-state index contributed by atoms with van der Waals surface area (Å²) in [6, 6.07) is 47.5. The van der Waals surface area contributed by atoms with Gasteiger partial charge in [0, 0.05) is 22.7 Å². The zero-order valence-corrected chi connectivity index (χ0v) is 22.1. The van der Waals surface area contributed by atoms with Crippen LogP contribution in [0.1, 0.15) is 38.7 Å². The molecular weight excluding hydrogens is 500 g/mol. The van der Waals surface area contributed by atoms with Crippen molar-refractivity contribution in [3.63, 3.8) is 0 Å². The molecule has 1 aliphatic heterocycles. The minimum absolute atomic E-state index is 0.0665. The van der Waals surface area contributed by atoms with Crippen molar-refractivity contribution in [1.29, 1.82) is 0 Å². The van der Waals surface area contributed by atoms with E-state index in [4.69, 9.17) is 16.6 Å².